The van der Waals surface area contributed by atoms with Crippen LogP contribution in [0.5, 0.6) is 0 Å². The van der Waals surface area contributed by atoms with E-state index in [0.717, 1.165) is 17.2 Å². The molecule has 1 N–H and O–H groups in total. The third-order valence-corrected chi connectivity index (χ3v) is 2.23. The Bertz CT molecular complexity index is 518. The van der Waals surface area contributed by atoms with Crippen LogP contribution in [0.1, 0.15) is 11.1 Å². The van der Waals surface area contributed by atoms with Crippen molar-refractivity contribution < 1.29 is 9.90 Å². The summed E-state index contributed by atoms with van der Waals surface area (Å²) in [4.78, 5) is 14.3. The topological polar surface area (TPSA) is 55.1 Å². The van der Waals surface area contributed by atoms with Gasteiger partial charge in [0.15, 0.2) is 0 Å². The molecule has 0 aliphatic rings. The van der Waals surface area contributed by atoms with Gasteiger partial charge in [-0.25, -0.2) is 9.78 Å². The van der Waals surface area contributed by atoms with E-state index in [1.165, 1.54) is 0 Å². The first-order chi connectivity index (χ1) is 8.24. The monoisotopic (exact) mass is 251 g/mol. The van der Waals surface area contributed by atoms with Gasteiger partial charge in [0.05, 0.1) is 6.33 Å². The fraction of sp³-hybridized carbons (Fsp3) is 0.0769. The summed E-state index contributed by atoms with van der Waals surface area (Å²) in [6.07, 6.45) is 8.00. The first kappa shape index (κ1) is 14.7. The number of imidazole rings is 1. The number of rotatable bonds is 4. The van der Waals surface area contributed by atoms with Gasteiger partial charge in [0.25, 0.3) is 0 Å². The molecule has 0 atom stereocenters. The Balaban J connectivity index is 0.00000162. The molecule has 0 spiro atoms. The van der Waals surface area contributed by atoms with E-state index >= 15 is 0 Å². The number of carboxylic acids is 1. The van der Waals surface area contributed by atoms with Crippen LogP contribution in [0.15, 0.2) is 43.0 Å². The van der Waals surface area contributed by atoms with Crippen LogP contribution < -0.4 is 0 Å². The molecule has 1 heterocycles. The number of aromatic nitrogens is 2. The van der Waals surface area contributed by atoms with Crippen LogP contribution in [0, 0.1) is 6.07 Å². The van der Waals surface area contributed by atoms with Crippen molar-refractivity contribution in [1.29, 1.82) is 0 Å². The first-order valence-corrected chi connectivity index (χ1v) is 5.11. The second-order valence-electron chi connectivity index (χ2n) is 3.55. The van der Waals surface area contributed by atoms with E-state index in [0.29, 0.717) is 6.54 Å². The zero-order chi connectivity index (χ0) is 12.1. The Morgan fingerprint density at radius 2 is 2.33 bits per heavy atom. The van der Waals surface area contributed by atoms with Crippen molar-refractivity contribution in [3.05, 3.63) is 60.2 Å². The minimum atomic E-state index is -0.951. The van der Waals surface area contributed by atoms with Gasteiger partial charge in [-0.2, -0.15) is 0 Å². The summed E-state index contributed by atoms with van der Waals surface area (Å²) in [6.45, 7) is 0.711. The van der Waals surface area contributed by atoms with Gasteiger partial charge in [-0.05, 0) is 29.3 Å². The predicted molar refractivity (Wildman–Crippen MR) is 70.4 cm³/mol. The van der Waals surface area contributed by atoms with Crippen LogP contribution in [-0.2, 0) is 11.3 Å². The second kappa shape index (κ2) is 7.16. The van der Waals surface area contributed by atoms with E-state index in [1.807, 2.05) is 22.9 Å². The second-order valence-corrected chi connectivity index (χ2v) is 3.55. The van der Waals surface area contributed by atoms with Crippen LogP contribution in [0.2, 0.25) is 0 Å². The van der Waals surface area contributed by atoms with Gasteiger partial charge in [-0.1, -0.05) is 12.1 Å². The molecular weight excluding hydrogens is 239 g/mol. The van der Waals surface area contributed by atoms with Gasteiger partial charge in [0, 0.05) is 25.0 Å². The summed E-state index contributed by atoms with van der Waals surface area (Å²) in [6, 6.07) is 8.66. The molecule has 2 rings (SSSR count). The summed E-state index contributed by atoms with van der Waals surface area (Å²) in [5.74, 6) is -0.951. The van der Waals surface area contributed by atoms with E-state index in [-0.39, 0.29) is 29.6 Å². The number of hydrogen-bond acceptors (Lipinski definition) is 2. The van der Waals surface area contributed by atoms with Crippen molar-refractivity contribution in [3.63, 3.8) is 0 Å². The Morgan fingerprint density at radius 3 is 2.89 bits per heavy atom. The fourth-order valence-corrected chi connectivity index (χ4v) is 1.42. The Hall–Kier alpha value is -1.36. The molecule has 0 amide bonds. The van der Waals surface area contributed by atoms with Crippen LogP contribution in [0.25, 0.3) is 6.08 Å². The molecule has 0 unspecified atom stereocenters. The molecule has 1 aromatic heterocycles. The summed E-state index contributed by atoms with van der Waals surface area (Å²) in [7, 11) is 0. The Morgan fingerprint density at radius 1 is 1.50 bits per heavy atom. The molecule has 0 aliphatic carbocycles. The average molecular weight is 251 g/mol. The summed E-state index contributed by atoms with van der Waals surface area (Å²) >= 11 is 0. The molecule has 87 valence electrons. The number of aliphatic carboxylic acids is 1. The third-order valence-electron chi connectivity index (χ3n) is 2.23. The van der Waals surface area contributed by atoms with Crippen molar-refractivity contribution in [2.75, 3.05) is 0 Å². The SMILES string of the molecule is O=C(O)/C=C/c1c[c]c(Cn2ccnc2)cc1.[NaH]. The molecule has 18 heavy (non-hydrogen) atoms. The van der Waals surface area contributed by atoms with Crippen molar-refractivity contribution in [2.24, 2.45) is 0 Å². The van der Waals surface area contributed by atoms with Crippen LogP contribution in [-0.4, -0.2) is 50.2 Å². The maximum absolute atomic E-state index is 10.3. The first-order valence-electron chi connectivity index (χ1n) is 5.11. The number of benzene rings is 1. The normalized spacial score (nSPS) is 10.2. The summed E-state index contributed by atoms with van der Waals surface area (Å²) in [5, 5.41) is 8.49. The van der Waals surface area contributed by atoms with E-state index in [4.69, 9.17) is 5.11 Å². The molecule has 0 saturated carbocycles. The molecular formula is C13H12N2NaO2. The molecule has 0 aliphatic heterocycles. The average Bonchev–Trinajstić information content (AvgIpc) is 2.81. The maximum atomic E-state index is 10.3. The van der Waals surface area contributed by atoms with Gasteiger partial charge in [-0.3, -0.25) is 0 Å². The molecule has 5 heteroatoms. The molecule has 4 nitrogen and oxygen atoms in total. The van der Waals surface area contributed by atoms with E-state index in [1.54, 1.807) is 24.7 Å². The zero-order valence-electron chi connectivity index (χ0n) is 9.08. The van der Waals surface area contributed by atoms with Crippen LogP contribution in [0.3, 0.4) is 0 Å². The number of nitrogens with zero attached hydrogens (tertiary/aromatic N) is 2. The number of carboxylic acid groups (broad SMARTS) is 1. The Kier molecular flexibility index (Phi) is 5.85. The quantitative estimate of drug-likeness (QED) is 0.655. The molecule has 0 fully saturated rings. The Labute approximate surface area is 127 Å². The molecule has 1 aromatic carbocycles. The van der Waals surface area contributed by atoms with Crippen molar-refractivity contribution in [3.8, 4) is 0 Å². The third kappa shape index (κ3) is 4.49. The van der Waals surface area contributed by atoms with Gasteiger partial charge >= 0.3 is 35.5 Å². The summed E-state index contributed by atoms with van der Waals surface area (Å²) in [5.41, 5.74) is 1.84. The van der Waals surface area contributed by atoms with Crippen molar-refractivity contribution in [2.45, 2.75) is 6.54 Å². The van der Waals surface area contributed by atoms with Crippen LogP contribution >= 0.6 is 0 Å². The minimum absolute atomic E-state index is 0. The van der Waals surface area contributed by atoms with Gasteiger partial charge in [0.2, 0.25) is 0 Å². The number of hydrogen-bond donors (Lipinski definition) is 1. The van der Waals surface area contributed by atoms with E-state index in [9.17, 15) is 4.79 Å². The van der Waals surface area contributed by atoms with Gasteiger partial charge < -0.3 is 9.67 Å². The molecule has 0 bridgehead atoms. The van der Waals surface area contributed by atoms with Crippen molar-refractivity contribution in [1.82, 2.24) is 9.55 Å². The molecule has 2 aromatic rings. The fourth-order valence-electron chi connectivity index (χ4n) is 1.42. The van der Waals surface area contributed by atoms with E-state index < -0.39 is 5.97 Å². The molecule has 0 saturated heterocycles. The summed E-state index contributed by atoms with van der Waals surface area (Å²) < 4.78 is 1.94. The zero-order valence-corrected chi connectivity index (χ0v) is 9.08. The standard InChI is InChI=1S/C13H11N2O2.Na.H/c16-13(17)6-5-11-1-3-12(4-2-11)9-15-8-7-14-10-15;;/h1-3,5-8,10H,9H2,(H,16,17);;/b6-5+;;. The van der Waals surface area contributed by atoms with E-state index in [2.05, 4.69) is 11.1 Å². The van der Waals surface area contributed by atoms with Gasteiger partial charge in [0.1, 0.15) is 0 Å². The molecule has 1 radical (unpaired) electrons. The predicted octanol–water partition coefficient (Wildman–Crippen LogP) is 1.18. The van der Waals surface area contributed by atoms with Crippen LogP contribution in [0.4, 0.5) is 0 Å². The van der Waals surface area contributed by atoms with Gasteiger partial charge in [-0.15, -0.1) is 0 Å². The number of carbonyl (C=O) groups is 1. The van der Waals surface area contributed by atoms with Crippen molar-refractivity contribution >= 4 is 41.6 Å².